The molecule has 2 rings (SSSR count). The molecular weight excluding hydrogens is 328 g/mol. The molecule has 0 unspecified atom stereocenters. The van der Waals surface area contributed by atoms with Crippen LogP contribution in [0.5, 0.6) is 0 Å². The van der Waals surface area contributed by atoms with Gasteiger partial charge < -0.3 is 10.2 Å². The van der Waals surface area contributed by atoms with Crippen LogP contribution in [-0.2, 0) is 11.3 Å². The highest BCUT2D eigenvalue weighted by atomic mass is 79.9. The van der Waals surface area contributed by atoms with Crippen molar-refractivity contribution in [3.63, 3.8) is 0 Å². The number of carbonyl (C=O) groups excluding carboxylic acids is 1. The van der Waals surface area contributed by atoms with E-state index in [1.165, 1.54) is 5.56 Å². The first-order chi connectivity index (χ1) is 9.06. The Labute approximate surface area is 127 Å². The molecular formula is C14H18BrClN2O. The minimum Gasteiger partial charge on any atom is -0.343 e. The zero-order valence-corrected chi connectivity index (χ0v) is 13.3. The minimum atomic E-state index is 0.180. The van der Waals surface area contributed by atoms with Crippen LogP contribution in [0, 0.1) is 0 Å². The first kappa shape index (κ1) is 14.8. The number of nitrogens with zero attached hydrogens (tertiary/aromatic N) is 1. The van der Waals surface area contributed by atoms with Crippen LogP contribution in [0.15, 0.2) is 22.7 Å². The van der Waals surface area contributed by atoms with Gasteiger partial charge in [0.15, 0.2) is 0 Å². The van der Waals surface area contributed by atoms with Crippen molar-refractivity contribution >= 4 is 33.4 Å². The fourth-order valence-corrected chi connectivity index (χ4v) is 3.14. The summed E-state index contributed by atoms with van der Waals surface area (Å²) in [5.74, 6) is 0.180. The molecule has 1 aromatic rings. The topological polar surface area (TPSA) is 32.3 Å². The second-order valence-electron chi connectivity index (χ2n) is 4.90. The van der Waals surface area contributed by atoms with E-state index >= 15 is 0 Å². The van der Waals surface area contributed by atoms with Gasteiger partial charge in [0.1, 0.15) is 0 Å². The summed E-state index contributed by atoms with van der Waals surface area (Å²) < 4.78 is 1.04. The standard InChI is InChI=1S/C14H18BrClN2O/c1-10(19)18-6-4-13(5-7-18)17-9-11-2-3-12(16)8-14(11)15/h2-3,8,13,17H,4-7,9H2,1H3. The Morgan fingerprint density at radius 1 is 1.47 bits per heavy atom. The van der Waals surface area contributed by atoms with Crippen molar-refractivity contribution in [3.8, 4) is 0 Å². The van der Waals surface area contributed by atoms with Crippen molar-refractivity contribution < 1.29 is 4.79 Å². The van der Waals surface area contributed by atoms with Crippen molar-refractivity contribution in [1.82, 2.24) is 10.2 Å². The molecule has 1 heterocycles. The molecule has 1 aromatic carbocycles. The van der Waals surface area contributed by atoms with E-state index in [2.05, 4.69) is 21.2 Å². The average molecular weight is 346 g/mol. The summed E-state index contributed by atoms with van der Waals surface area (Å²) in [6, 6.07) is 6.33. The average Bonchev–Trinajstić information content (AvgIpc) is 2.38. The maximum atomic E-state index is 11.2. The second-order valence-corrected chi connectivity index (χ2v) is 6.19. The third-order valence-corrected chi connectivity index (χ3v) is 4.51. The Morgan fingerprint density at radius 3 is 2.74 bits per heavy atom. The van der Waals surface area contributed by atoms with Gasteiger partial charge in [-0.1, -0.05) is 33.6 Å². The van der Waals surface area contributed by atoms with Crippen molar-refractivity contribution in [3.05, 3.63) is 33.3 Å². The van der Waals surface area contributed by atoms with Crippen LogP contribution in [0.4, 0.5) is 0 Å². The van der Waals surface area contributed by atoms with Crippen molar-refractivity contribution in [2.75, 3.05) is 13.1 Å². The highest BCUT2D eigenvalue weighted by molar-refractivity contribution is 9.10. The number of carbonyl (C=O) groups is 1. The number of likely N-dealkylation sites (tertiary alicyclic amines) is 1. The molecule has 19 heavy (non-hydrogen) atoms. The molecule has 1 amide bonds. The van der Waals surface area contributed by atoms with E-state index in [0.717, 1.165) is 42.0 Å². The van der Waals surface area contributed by atoms with Gasteiger partial charge in [-0.3, -0.25) is 4.79 Å². The summed E-state index contributed by atoms with van der Waals surface area (Å²) in [5, 5.41) is 4.29. The second kappa shape index (κ2) is 6.73. The van der Waals surface area contributed by atoms with Crippen LogP contribution in [0.3, 0.4) is 0 Å². The lowest BCUT2D eigenvalue weighted by Gasteiger charge is -2.31. The lowest BCUT2D eigenvalue weighted by molar-refractivity contribution is -0.129. The van der Waals surface area contributed by atoms with E-state index in [0.29, 0.717) is 6.04 Å². The maximum absolute atomic E-state index is 11.2. The normalized spacial score (nSPS) is 16.7. The molecule has 0 aliphatic carbocycles. The number of hydrogen-bond acceptors (Lipinski definition) is 2. The largest absolute Gasteiger partial charge is 0.343 e. The number of halogens is 2. The van der Waals surface area contributed by atoms with Gasteiger partial charge in [-0.05, 0) is 30.5 Å². The zero-order valence-electron chi connectivity index (χ0n) is 11.0. The molecule has 104 valence electrons. The van der Waals surface area contributed by atoms with E-state index in [9.17, 15) is 4.79 Å². The van der Waals surface area contributed by atoms with Gasteiger partial charge in [0.25, 0.3) is 0 Å². The molecule has 1 fully saturated rings. The van der Waals surface area contributed by atoms with Gasteiger partial charge >= 0.3 is 0 Å². The van der Waals surface area contributed by atoms with Gasteiger partial charge in [0.05, 0.1) is 0 Å². The molecule has 1 saturated heterocycles. The predicted octanol–water partition coefficient (Wildman–Crippen LogP) is 3.20. The molecule has 0 bridgehead atoms. The van der Waals surface area contributed by atoms with Gasteiger partial charge in [0.2, 0.25) is 5.91 Å². The van der Waals surface area contributed by atoms with Gasteiger partial charge in [-0.25, -0.2) is 0 Å². The fourth-order valence-electron chi connectivity index (χ4n) is 2.32. The summed E-state index contributed by atoms with van der Waals surface area (Å²) in [6.07, 6.45) is 2.04. The summed E-state index contributed by atoms with van der Waals surface area (Å²) in [7, 11) is 0. The Balaban J connectivity index is 1.82. The van der Waals surface area contributed by atoms with Crippen LogP contribution >= 0.6 is 27.5 Å². The highest BCUT2D eigenvalue weighted by Gasteiger charge is 2.20. The van der Waals surface area contributed by atoms with Crippen LogP contribution in [0.1, 0.15) is 25.3 Å². The van der Waals surface area contributed by atoms with Crippen LogP contribution in [0.2, 0.25) is 5.02 Å². The van der Waals surface area contributed by atoms with E-state index in [-0.39, 0.29) is 5.91 Å². The number of rotatable bonds is 3. The van der Waals surface area contributed by atoms with Crippen LogP contribution in [0.25, 0.3) is 0 Å². The Morgan fingerprint density at radius 2 is 2.16 bits per heavy atom. The summed E-state index contributed by atoms with van der Waals surface area (Å²) >= 11 is 9.45. The van der Waals surface area contributed by atoms with E-state index in [1.54, 1.807) is 6.92 Å². The first-order valence-corrected chi connectivity index (χ1v) is 7.66. The number of hydrogen-bond donors (Lipinski definition) is 1. The van der Waals surface area contributed by atoms with Crippen molar-refractivity contribution in [2.45, 2.75) is 32.4 Å². The summed E-state index contributed by atoms with van der Waals surface area (Å²) in [4.78, 5) is 13.2. The van der Waals surface area contributed by atoms with Crippen LogP contribution < -0.4 is 5.32 Å². The smallest absolute Gasteiger partial charge is 0.219 e. The maximum Gasteiger partial charge on any atom is 0.219 e. The Bertz CT molecular complexity index is 459. The molecule has 1 aliphatic rings. The molecule has 0 atom stereocenters. The van der Waals surface area contributed by atoms with Gasteiger partial charge in [0, 0.05) is 42.1 Å². The minimum absolute atomic E-state index is 0.180. The number of amides is 1. The molecule has 0 radical (unpaired) electrons. The molecule has 0 saturated carbocycles. The number of nitrogens with one attached hydrogen (secondary N) is 1. The van der Waals surface area contributed by atoms with Gasteiger partial charge in [-0.2, -0.15) is 0 Å². The van der Waals surface area contributed by atoms with Crippen molar-refractivity contribution in [1.29, 1.82) is 0 Å². The Hall–Kier alpha value is -0.580. The molecule has 0 spiro atoms. The van der Waals surface area contributed by atoms with E-state index in [4.69, 9.17) is 11.6 Å². The third-order valence-electron chi connectivity index (χ3n) is 3.54. The van der Waals surface area contributed by atoms with Crippen molar-refractivity contribution in [2.24, 2.45) is 0 Å². The monoisotopic (exact) mass is 344 g/mol. The fraction of sp³-hybridized carbons (Fsp3) is 0.500. The SMILES string of the molecule is CC(=O)N1CCC(NCc2ccc(Cl)cc2Br)CC1. The van der Waals surface area contributed by atoms with E-state index < -0.39 is 0 Å². The highest BCUT2D eigenvalue weighted by Crippen LogP contribution is 2.22. The summed E-state index contributed by atoms with van der Waals surface area (Å²) in [5.41, 5.74) is 1.21. The number of benzene rings is 1. The van der Waals surface area contributed by atoms with E-state index in [1.807, 2.05) is 23.1 Å². The Kier molecular flexibility index (Phi) is 5.25. The van der Waals surface area contributed by atoms with Gasteiger partial charge in [-0.15, -0.1) is 0 Å². The number of piperidine rings is 1. The van der Waals surface area contributed by atoms with Crippen LogP contribution in [-0.4, -0.2) is 29.9 Å². The summed E-state index contributed by atoms with van der Waals surface area (Å²) in [6.45, 7) is 4.17. The molecule has 1 aliphatic heterocycles. The molecule has 3 nitrogen and oxygen atoms in total. The lowest BCUT2D eigenvalue weighted by Crippen LogP contribution is -2.43. The first-order valence-electron chi connectivity index (χ1n) is 6.49. The lowest BCUT2D eigenvalue weighted by atomic mass is 10.0. The predicted molar refractivity (Wildman–Crippen MR) is 81.3 cm³/mol. The quantitative estimate of drug-likeness (QED) is 0.912. The zero-order chi connectivity index (χ0) is 13.8. The molecule has 5 heteroatoms. The third kappa shape index (κ3) is 4.20. The molecule has 1 N–H and O–H groups in total. The molecule has 0 aromatic heterocycles.